The third-order valence-corrected chi connectivity index (χ3v) is 3.72. The second-order valence-electron chi connectivity index (χ2n) is 4.52. The van der Waals surface area contributed by atoms with E-state index in [0.29, 0.717) is 10.4 Å². The Morgan fingerprint density at radius 1 is 1.36 bits per heavy atom. The summed E-state index contributed by atoms with van der Waals surface area (Å²) in [5, 5.41) is 4.56. The second kappa shape index (κ2) is 6.78. The highest BCUT2D eigenvalue weighted by Gasteiger charge is 2.28. The van der Waals surface area contributed by atoms with Gasteiger partial charge in [-0.05, 0) is 29.5 Å². The van der Waals surface area contributed by atoms with Crippen LogP contribution in [0.5, 0.6) is 5.88 Å². The summed E-state index contributed by atoms with van der Waals surface area (Å²) in [7, 11) is 0. The van der Waals surface area contributed by atoms with Crippen LogP contribution in [0.2, 0.25) is 0 Å². The fourth-order valence-corrected chi connectivity index (χ4v) is 2.47. The van der Waals surface area contributed by atoms with Crippen LogP contribution >= 0.6 is 11.3 Å². The van der Waals surface area contributed by atoms with Crippen LogP contribution in [0.3, 0.4) is 0 Å². The zero-order chi connectivity index (χ0) is 16.2. The highest BCUT2D eigenvalue weighted by atomic mass is 32.1. The molecule has 1 amide bonds. The number of nitrogens with zero attached hydrogens (tertiary/aromatic N) is 1. The highest BCUT2D eigenvalue weighted by Crippen LogP contribution is 2.17. The summed E-state index contributed by atoms with van der Waals surface area (Å²) in [5.41, 5.74) is 1.57. The van der Waals surface area contributed by atoms with E-state index in [9.17, 15) is 18.0 Å². The van der Waals surface area contributed by atoms with Crippen molar-refractivity contribution in [3.05, 3.63) is 45.8 Å². The first-order valence-corrected chi connectivity index (χ1v) is 7.20. The van der Waals surface area contributed by atoms with Crippen LogP contribution in [0.25, 0.3) is 0 Å². The van der Waals surface area contributed by atoms with Gasteiger partial charge in [0.25, 0.3) is 5.91 Å². The first-order valence-electron chi connectivity index (χ1n) is 6.32. The van der Waals surface area contributed by atoms with E-state index in [1.807, 2.05) is 18.4 Å². The van der Waals surface area contributed by atoms with Gasteiger partial charge in [-0.3, -0.25) is 4.79 Å². The Hall–Kier alpha value is -2.09. The largest absolute Gasteiger partial charge is 0.468 e. The summed E-state index contributed by atoms with van der Waals surface area (Å²) in [5.74, 6) is -0.300. The van der Waals surface area contributed by atoms with Crippen LogP contribution in [0.4, 0.5) is 13.2 Å². The molecule has 2 aromatic rings. The minimum absolute atomic E-state index is 0.110. The molecule has 0 aromatic carbocycles. The maximum atomic E-state index is 12.0. The molecule has 0 aliphatic rings. The van der Waals surface area contributed by atoms with Gasteiger partial charge in [0.15, 0.2) is 6.61 Å². The molecule has 0 aliphatic carbocycles. The normalized spacial score (nSPS) is 11.3. The Morgan fingerprint density at radius 3 is 2.68 bits per heavy atom. The third-order valence-electron chi connectivity index (χ3n) is 2.70. The van der Waals surface area contributed by atoms with Crippen molar-refractivity contribution in [2.24, 2.45) is 0 Å². The lowest BCUT2D eigenvalue weighted by Crippen LogP contribution is -2.22. The fraction of sp³-hybridized carbons (Fsp3) is 0.286. The van der Waals surface area contributed by atoms with Gasteiger partial charge in [0.05, 0.1) is 4.88 Å². The van der Waals surface area contributed by atoms with E-state index in [1.54, 1.807) is 6.07 Å². The van der Waals surface area contributed by atoms with Crippen LogP contribution < -0.4 is 10.1 Å². The van der Waals surface area contributed by atoms with Crippen molar-refractivity contribution in [1.82, 2.24) is 10.3 Å². The monoisotopic (exact) mass is 330 g/mol. The second-order valence-corrected chi connectivity index (χ2v) is 5.44. The number of rotatable bonds is 5. The van der Waals surface area contributed by atoms with Gasteiger partial charge in [0.2, 0.25) is 5.88 Å². The molecule has 1 N–H and O–H groups in total. The summed E-state index contributed by atoms with van der Waals surface area (Å²) in [6.45, 7) is 0.705. The standard InChI is InChI=1S/C14H13F3N2O2S/c1-9-4-5-22-12(9)13(20)19-7-10-2-3-11(18-6-10)21-8-14(15,16)17/h2-6H,7-8H2,1H3,(H,19,20). The Morgan fingerprint density at radius 2 is 2.14 bits per heavy atom. The van der Waals surface area contributed by atoms with Crippen molar-refractivity contribution in [3.8, 4) is 5.88 Å². The number of nitrogens with one attached hydrogen (secondary N) is 1. The van der Waals surface area contributed by atoms with Gasteiger partial charge in [-0.15, -0.1) is 11.3 Å². The van der Waals surface area contributed by atoms with Crippen LogP contribution in [0.1, 0.15) is 20.8 Å². The van der Waals surface area contributed by atoms with Gasteiger partial charge >= 0.3 is 6.18 Å². The molecule has 0 aliphatic heterocycles. The number of carbonyl (C=O) groups excluding carboxylic acids is 1. The average molecular weight is 330 g/mol. The number of halogens is 3. The Kier molecular flexibility index (Phi) is 5.02. The van der Waals surface area contributed by atoms with E-state index < -0.39 is 12.8 Å². The molecule has 0 spiro atoms. The van der Waals surface area contributed by atoms with Crippen LogP contribution in [-0.4, -0.2) is 23.7 Å². The van der Waals surface area contributed by atoms with E-state index in [1.165, 1.54) is 23.6 Å². The Bertz CT molecular complexity index is 638. The number of aryl methyl sites for hydroxylation is 1. The van der Waals surface area contributed by atoms with E-state index in [0.717, 1.165) is 5.56 Å². The average Bonchev–Trinajstić information content (AvgIpc) is 2.89. The number of alkyl halides is 3. The maximum Gasteiger partial charge on any atom is 0.422 e. The van der Waals surface area contributed by atoms with Gasteiger partial charge < -0.3 is 10.1 Å². The number of ether oxygens (including phenoxy) is 1. The molecule has 0 atom stereocenters. The van der Waals surface area contributed by atoms with E-state index in [-0.39, 0.29) is 18.3 Å². The van der Waals surface area contributed by atoms with Gasteiger partial charge in [0.1, 0.15) is 0 Å². The molecule has 2 aromatic heterocycles. The lowest BCUT2D eigenvalue weighted by Gasteiger charge is -2.09. The van der Waals surface area contributed by atoms with Crippen molar-refractivity contribution in [3.63, 3.8) is 0 Å². The van der Waals surface area contributed by atoms with Crippen molar-refractivity contribution in [1.29, 1.82) is 0 Å². The molecule has 0 unspecified atom stereocenters. The van der Waals surface area contributed by atoms with Gasteiger partial charge in [0, 0.05) is 18.8 Å². The first-order chi connectivity index (χ1) is 10.3. The van der Waals surface area contributed by atoms with E-state index >= 15 is 0 Å². The zero-order valence-electron chi connectivity index (χ0n) is 11.6. The molecule has 2 heterocycles. The van der Waals surface area contributed by atoms with Gasteiger partial charge in [-0.2, -0.15) is 13.2 Å². The predicted molar refractivity (Wildman–Crippen MR) is 76.0 cm³/mol. The lowest BCUT2D eigenvalue weighted by molar-refractivity contribution is -0.154. The predicted octanol–water partition coefficient (Wildman–Crippen LogP) is 3.32. The summed E-state index contributed by atoms with van der Waals surface area (Å²) in [6.07, 6.45) is -3.03. The fourth-order valence-electron chi connectivity index (χ4n) is 1.62. The summed E-state index contributed by atoms with van der Waals surface area (Å²) >= 11 is 1.35. The number of aromatic nitrogens is 1. The topological polar surface area (TPSA) is 51.2 Å². The molecular formula is C14H13F3N2O2S. The molecule has 4 nitrogen and oxygen atoms in total. The molecule has 2 rings (SSSR count). The molecule has 0 saturated carbocycles. The third kappa shape index (κ3) is 4.73. The summed E-state index contributed by atoms with van der Waals surface area (Å²) in [6, 6.07) is 4.75. The zero-order valence-corrected chi connectivity index (χ0v) is 12.4. The number of thiophene rings is 1. The van der Waals surface area contributed by atoms with Crippen LogP contribution in [0.15, 0.2) is 29.8 Å². The maximum absolute atomic E-state index is 12.0. The molecule has 8 heteroatoms. The van der Waals surface area contributed by atoms with Crippen molar-refractivity contribution in [2.75, 3.05) is 6.61 Å². The van der Waals surface area contributed by atoms with Crippen molar-refractivity contribution in [2.45, 2.75) is 19.6 Å². The quantitative estimate of drug-likeness (QED) is 0.915. The van der Waals surface area contributed by atoms with Crippen LogP contribution in [0, 0.1) is 6.92 Å². The molecule has 0 saturated heterocycles. The van der Waals surface area contributed by atoms with Gasteiger partial charge in [-0.1, -0.05) is 6.07 Å². The summed E-state index contributed by atoms with van der Waals surface area (Å²) < 4.78 is 40.5. The molecule has 22 heavy (non-hydrogen) atoms. The number of hydrogen-bond donors (Lipinski definition) is 1. The SMILES string of the molecule is Cc1ccsc1C(=O)NCc1ccc(OCC(F)(F)F)nc1. The highest BCUT2D eigenvalue weighted by molar-refractivity contribution is 7.12. The van der Waals surface area contributed by atoms with E-state index in [2.05, 4.69) is 15.0 Å². The number of hydrogen-bond acceptors (Lipinski definition) is 4. The van der Waals surface area contributed by atoms with E-state index in [4.69, 9.17) is 0 Å². The van der Waals surface area contributed by atoms with Gasteiger partial charge in [-0.25, -0.2) is 4.98 Å². The van der Waals surface area contributed by atoms with Crippen molar-refractivity contribution < 1.29 is 22.7 Å². The molecule has 0 bridgehead atoms. The smallest absolute Gasteiger partial charge is 0.422 e. The minimum atomic E-state index is -4.40. The van der Waals surface area contributed by atoms with Crippen LogP contribution in [-0.2, 0) is 6.54 Å². The number of pyridine rings is 1. The van der Waals surface area contributed by atoms with Crippen molar-refractivity contribution >= 4 is 17.2 Å². The molecule has 0 radical (unpaired) electrons. The minimum Gasteiger partial charge on any atom is -0.468 e. The number of amides is 1. The first kappa shape index (κ1) is 16.3. The summed E-state index contributed by atoms with van der Waals surface area (Å²) in [4.78, 5) is 16.3. The molecular weight excluding hydrogens is 317 g/mol. The Balaban J connectivity index is 1.86. The lowest BCUT2D eigenvalue weighted by atomic mass is 10.2. The number of carbonyl (C=O) groups is 1. The molecule has 0 fully saturated rings. The Labute approximate surface area is 128 Å². The molecule has 118 valence electrons.